The highest BCUT2D eigenvalue weighted by molar-refractivity contribution is 6.33. The Kier molecular flexibility index (Phi) is 3.43. The number of nitrogens with zero attached hydrogens (tertiary/aromatic N) is 2. The summed E-state index contributed by atoms with van der Waals surface area (Å²) in [6.45, 7) is 2.01. The number of benzene rings is 2. The number of rotatable bonds is 2. The molecular weight excluding hydrogens is 282 g/mol. The zero-order valence-electron chi connectivity index (χ0n) is 12.0. The standard InChI is InChI=1S/C17H16ClN3/c1-11-8-9-13(14(18)10-11)16-15(17(19)21(2)20-16)12-6-4-3-5-7-12/h3-10H,19H2,1-2H3. The Morgan fingerprint density at radius 2 is 1.81 bits per heavy atom. The summed E-state index contributed by atoms with van der Waals surface area (Å²) in [5, 5.41) is 5.24. The molecule has 2 aromatic carbocycles. The van der Waals surface area contributed by atoms with E-state index >= 15 is 0 Å². The summed E-state index contributed by atoms with van der Waals surface area (Å²) in [4.78, 5) is 0. The molecule has 0 saturated carbocycles. The zero-order chi connectivity index (χ0) is 15.0. The molecular formula is C17H16ClN3. The number of nitrogen functional groups attached to an aromatic ring is 1. The number of anilines is 1. The van der Waals surface area contributed by atoms with Gasteiger partial charge in [0.25, 0.3) is 0 Å². The summed E-state index contributed by atoms with van der Waals surface area (Å²) >= 11 is 6.40. The highest BCUT2D eigenvalue weighted by atomic mass is 35.5. The van der Waals surface area contributed by atoms with E-state index in [9.17, 15) is 0 Å². The van der Waals surface area contributed by atoms with Gasteiger partial charge in [-0.1, -0.05) is 54.1 Å². The second kappa shape index (κ2) is 5.26. The van der Waals surface area contributed by atoms with Crippen molar-refractivity contribution >= 4 is 17.4 Å². The smallest absolute Gasteiger partial charge is 0.129 e. The molecule has 21 heavy (non-hydrogen) atoms. The van der Waals surface area contributed by atoms with Crippen molar-refractivity contribution < 1.29 is 0 Å². The molecule has 3 nitrogen and oxygen atoms in total. The Hall–Kier alpha value is -2.26. The lowest BCUT2D eigenvalue weighted by Gasteiger charge is -2.06. The monoisotopic (exact) mass is 297 g/mol. The van der Waals surface area contributed by atoms with Crippen molar-refractivity contribution in [3.8, 4) is 22.4 Å². The Morgan fingerprint density at radius 1 is 1.10 bits per heavy atom. The number of halogens is 1. The van der Waals surface area contributed by atoms with Crippen LogP contribution in [-0.4, -0.2) is 9.78 Å². The molecule has 1 aromatic heterocycles. The second-order valence-corrected chi connectivity index (χ2v) is 5.49. The van der Waals surface area contributed by atoms with Crippen LogP contribution in [0.4, 0.5) is 5.82 Å². The molecule has 0 aliphatic heterocycles. The van der Waals surface area contributed by atoms with Gasteiger partial charge in [0.2, 0.25) is 0 Å². The van der Waals surface area contributed by atoms with E-state index in [1.165, 1.54) is 0 Å². The summed E-state index contributed by atoms with van der Waals surface area (Å²) < 4.78 is 1.69. The van der Waals surface area contributed by atoms with Crippen LogP contribution in [0.5, 0.6) is 0 Å². The first-order chi connectivity index (χ1) is 10.1. The predicted molar refractivity (Wildman–Crippen MR) is 88.2 cm³/mol. The van der Waals surface area contributed by atoms with Gasteiger partial charge in [-0.15, -0.1) is 0 Å². The number of nitrogens with two attached hydrogens (primary N) is 1. The molecule has 0 saturated heterocycles. The molecule has 4 heteroatoms. The van der Waals surface area contributed by atoms with E-state index < -0.39 is 0 Å². The van der Waals surface area contributed by atoms with Crippen molar-refractivity contribution in [1.82, 2.24) is 9.78 Å². The Labute approximate surface area is 129 Å². The van der Waals surface area contributed by atoms with Gasteiger partial charge in [-0.2, -0.15) is 5.10 Å². The van der Waals surface area contributed by atoms with E-state index in [1.54, 1.807) is 4.68 Å². The molecule has 1 heterocycles. The lowest BCUT2D eigenvalue weighted by Crippen LogP contribution is -1.97. The molecule has 0 aliphatic rings. The first-order valence-corrected chi connectivity index (χ1v) is 7.10. The van der Waals surface area contributed by atoms with Crippen molar-refractivity contribution in [1.29, 1.82) is 0 Å². The fraction of sp³-hybridized carbons (Fsp3) is 0.118. The summed E-state index contributed by atoms with van der Waals surface area (Å²) in [5.74, 6) is 0.632. The van der Waals surface area contributed by atoms with Crippen molar-refractivity contribution in [2.45, 2.75) is 6.92 Å². The maximum atomic E-state index is 6.40. The lowest BCUT2D eigenvalue weighted by atomic mass is 10.00. The van der Waals surface area contributed by atoms with Crippen LogP contribution in [-0.2, 0) is 7.05 Å². The molecule has 0 radical (unpaired) electrons. The summed E-state index contributed by atoms with van der Waals surface area (Å²) in [5.41, 5.74) is 11.0. The summed E-state index contributed by atoms with van der Waals surface area (Å²) in [6, 6.07) is 16.0. The SMILES string of the molecule is Cc1ccc(-c2nn(C)c(N)c2-c2ccccc2)c(Cl)c1. The zero-order valence-corrected chi connectivity index (χ0v) is 12.7. The highest BCUT2D eigenvalue weighted by Crippen LogP contribution is 2.38. The number of hydrogen-bond donors (Lipinski definition) is 1. The maximum Gasteiger partial charge on any atom is 0.129 e. The van der Waals surface area contributed by atoms with Crippen LogP contribution in [0.3, 0.4) is 0 Å². The van der Waals surface area contributed by atoms with Crippen molar-refractivity contribution in [2.75, 3.05) is 5.73 Å². The van der Waals surface area contributed by atoms with E-state index in [4.69, 9.17) is 17.3 Å². The third kappa shape index (κ3) is 2.41. The van der Waals surface area contributed by atoms with Gasteiger partial charge in [0.05, 0.1) is 10.6 Å². The first-order valence-electron chi connectivity index (χ1n) is 6.72. The molecule has 2 N–H and O–H groups in total. The second-order valence-electron chi connectivity index (χ2n) is 5.08. The molecule has 106 valence electrons. The van der Waals surface area contributed by atoms with Crippen molar-refractivity contribution in [3.63, 3.8) is 0 Å². The van der Waals surface area contributed by atoms with E-state index in [0.29, 0.717) is 10.8 Å². The van der Waals surface area contributed by atoms with Gasteiger partial charge < -0.3 is 5.73 Å². The van der Waals surface area contributed by atoms with Gasteiger partial charge >= 0.3 is 0 Å². The van der Waals surface area contributed by atoms with Gasteiger partial charge in [-0.25, -0.2) is 0 Å². The van der Waals surface area contributed by atoms with Crippen LogP contribution in [0.25, 0.3) is 22.4 Å². The molecule has 0 fully saturated rings. The van der Waals surface area contributed by atoms with E-state index in [-0.39, 0.29) is 0 Å². The fourth-order valence-electron chi connectivity index (χ4n) is 2.43. The average Bonchev–Trinajstić information content (AvgIpc) is 2.75. The number of hydrogen-bond acceptors (Lipinski definition) is 2. The topological polar surface area (TPSA) is 43.8 Å². The molecule has 0 aliphatic carbocycles. The van der Waals surface area contributed by atoms with Crippen LogP contribution >= 0.6 is 11.6 Å². The van der Waals surface area contributed by atoms with Crippen molar-refractivity contribution in [3.05, 3.63) is 59.1 Å². The summed E-state index contributed by atoms with van der Waals surface area (Å²) in [7, 11) is 1.84. The molecule has 0 atom stereocenters. The van der Waals surface area contributed by atoms with Crippen molar-refractivity contribution in [2.24, 2.45) is 7.05 Å². The van der Waals surface area contributed by atoms with E-state index in [0.717, 1.165) is 27.9 Å². The minimum absolute atomic E-state index is 0.632. The minimum Gasteiger partial charge on any atom is -0.383 e. The molecule has 0 spiro atoms. The van der Waals surface area contributed by atoms with Gasteiger partial charge in [-0.3, -0.25) is 4.68 Å². The van der Waals surface area contributed by atoms with Crippen LogP contribution < -0.4 is 5.73 Å². The molecule has 3 aromatic rings. The molecule has 0 bridgehead atoms. The van der Waals surface area contributed by atoms with E-state index in [2.05, 4.69) is 5.10 Å². The fourth-order valence-corrected chi connectivity index (χ4v) is 2.75. The quantitative estimate of drug-likeness (QED) is 0.766. The average molecular weight is 298 g/mol. The first kappa shape index (κ1) is 13.7. The Morgan fingerprint density at radius 3 is 2.48 bits per heavy atom. The lowest BCUT2D eigenvalue weighted by molar-refractivity contribution is 0.782. The molecule has 3 rings (SSSR count). The predicted octanol–water partition coefficient (Wildman–Crippen LogP) is 4.30. The van der Waals surface area contributed by atoms with Gasteiger partial charge in [0.15, 0.2) is 0 Å². The van der Waals surface area contributed by atoms with Crippen LogP contribution in [0, 0.1) is 6.92 Å². The molecule has 0 amide bonds. The van der Waals surface area contributed by atoms with Gasteiger partial charge in [0.1, 0.15) is 11.5 Å². The highest BCUT2D eigenvalue weighted by Gasteiger charge is 2.18. The Bertz CT molecular complexity index is 791. The summed E-state index contributed by atoms with van der Waals surface area (Å²) in [6.07, 6.45) is 0. The minimum atomic E-state index is 0.632. The van der Waals surface area contributed by atoms with Crippen LogP contribution in [0.2, 0.25) is 5.02 Å². The largest absolute Gasteiger partial charge is 0.383 e. The molecule has 0 unspecified atom stereocenters. The normalized spacial score (nSPS) is 10.8. The van der Waals surface area contributed by atoms with Crippen LogP contribution in [0.1, 0.15) is 5.56 Å². The van der Waals surface area contributed by atoms with Gasteiger partial charge in [-0.05, 0) is 24.1 Å². The third-order valence-corrected chi connectivity index (χ3v) is 3.85. The maximum absolute atomic E-state index is 6.40. The number of aromatic nitrogens is 2. The van der Waals surface area contributed by atoms with E-state index in [1.807, 2.05) is 62.5 Å². The number of aryl methyl sites for hydroxylation is 2. The Balaban J connectivity index is 2.27. The third-order valence-electron chi connectivity index (χ3n) is 3.53. The van der Waals surface area contributed by atoms with Crippen LogP contribution in [0.15, 0.2) is 48.5 Å². The van der Waals surface area contributed by atoms with Gasteiger partial charge in [0, 0.05) is 12.6 Å².